The van der Waals surface area contributed by atoms with E-state index in [1.165, 1.54) is 18.4 Å². The van der Waals surface area contributed by atoms with Crippen molar-refractivity contribution < 1.29 is 9.47 Å². The first kappa shape index (κ1) is 21.2. The summed E-state index contributed by atoms with van der Waals surface area (Å²) >= 11 is 0. The molecule has 2 unspecified atom stereocenters. The SMILES string of the molecule is CN=C(NCc1ccnc(OCC2CC2)c1)N1CC2OCCN(Cc3ccccc3)C2C1. The summed E-state index contributed by atoms with van der Waals surface area (Å²) in [6.45, 7) is 5.97. The van der Waals surface area contributed by atoms with Crippen LogP contribution in [0.25, 0.3) is 0 Å². The number of aliphatic imine (C=N–C) groups is 1. The second-order valence-corrected chi connectivity index (χ2v) is 9.00. The molecule has 2 saturated heterocycles. The van der Waals surface area contributed by atoms with Crippen LogP contribution >= 0.6 is 0 Å². The van der Waals surface area contributed by atoms with Crippen LogP contribution in [-0.4, -0.2) is 72.8 Å². The Morgan fingerprint density at radius 1 is 1.19 bits per heavy atom. The molecule has 5 rings (SSSR count). The maximum absolute atomic E-state index is 6.13. The van der Waals surface area contributed by atoms with Crippen molar-refractivity contribution in [3.8, 4) is 5.88 Å². The van der Waals surface area contributed by atoms with Gasteiger partial charge in [0.05, 0.1) is 25.4 Å². The summed E-state index contributed by atoms with van der Waals surface area (Å²) in [5.41, 5.74) is 2.50. The van der Waals surface area contributed by atoms with Gasteiger partial charge >= 0.3 is 0 Å². The summed E-state index contributed by atoms with van der Waals surface area (Å²) in [7, 11) is 1.85. The van der Waals surface area contributed by atoms with Gasteiger partial charge in [-0.1, -0.05) is 30.3 Å². The lowest BCUT2D eigenvalue weighted by atomic mass is 10.1. The zero-order valence-electron chi connectivity index (χ0n) is 18.8. The molecule has 7 heteroatoms. The van der Waals surface area contributed by atoms with E-state index >= 15 is 0 Å². The lowest BCUT2D eigenvalue weighted by molar-refractivity contribution is -0.0502. The van der Waals surface area contributed by atoms with Gasteiger partial charge in [0.2, 0.25) is 5.88 Å². The van der Waals surface area contributed by atoms with E-state index in [1.54, 1.807) is 0 Å². The minimum absolute atomic E-state index is 0.217. The average Bonchev–Trinajstić information content (AvgIpc) is 3.56. The second kappa shape index (κ2) is 9.88. The van der Waals surface area contributed by atoms with Gasteiger partial charge in [-0.3, -0.25) is 9.89 Å². The number of nitrogens with zero attached hydrogens (tertiary/aromatic N) is 4. The first-order chi connectivity index (χ1) is 15.8. The van der Waals surface area contributed by atoms with E-state index in [4.69, 9.17) is 9.47 Å². The number of guanidine groups is 1. The molecule has 32 heavy (non-hydrogen) atoms. The molecule has 2 aliphatic heterocycles. The Hall–Kier alpha value is -2.64. The molecule has 3 fully saturated rings. The fourth-order valence-electron chi connectivity index (χ4n) is 4.59. The van der Waals surface area contributed by atoms with Crippen molar-refractivity contribution in [2.24, 2.45) is 10.9 Å². The van der Waals surface area contributed by atoms with E-state index in [9.17, 15) is 0 Å². The van der Waals surface area contributed by atoms with Gasteiger partial charge in [0.1, 0.15) is 0 Å². The molecule has 1 aromatic carbocycles. The van der Waals surface area contributed by atoms with Crippen LogP contribution in [0.5, 0.6) is 5.88 Å². The number of nitrogens with one attached hydrogen (secondary N) is 1. The van der Waals surface area contributed by atoms with Gasteiger partial charge in [0, 0.05) is 52.0 Å². The molecule has 1 saturated carbocycles. The quantitative estimate of drug-likeness (QED) is 0.533. The van der Waals surface area contributed by atoms with Gasteiger partial charge in [0.15, 0.2) is 5.96 Å². The van der Waals surface area contributed by atoms with Crippen molar-refractivity contribution >= 4 is 5.96 Å². The zero-order chi connectivity index (χ0) is 21.8. The number of hydrogen-bond donors (Lipinski definition) is 1. The highest BCUT2D eigenvalue weighted by Gasteiger charge is 2.41. The van der Waals surface area contributed by atoms with Crippen molar-refractivity contribution in [3.63, 3.8) is 0 Å². The minimum atomic E-state index is 0.217. The fourth-order valence-corrected chi connectivity index (χ4v) is 4.59. The molecule has 2 atom stereocenters. The largest absolute Gasteiger partial charge is 0.477 e. The van der Waals surface area contributed by atoms with Crippen molar-refractivity contribution in [1.82, 2.24) is 20.1 Å². The van der Waals surface area contributed by atoms with E-state index in [2.05, 4.69) is 55.4 Å². The molecular formula is C25H33N5O2. The molecule has 170 valence electrons. The summed E-state index contributed by atoms with van der Waals surface area (Å²) in [5.74, 6) is 2.35. The highest BCUT2D eigenvalue weighted by Crippen LogP contribution is 2.29. The normalized spacial score (nSPS) is 23.8. The van der Waals surface area contributed by atoms with Crippen molar-refractivity contribution in [1.29, 1.82) is 0 Å². The van der Waals surface area contributed by atoms with Crippen LogP contribution in [0.2, 0.25) is 0 Å². The maximum Gasteiger partial charge on any atom is 0.213 e. The Labute approximate surface area is 190 Å². The Morgan fingerprint density at radius 3 is 2.88 bits per heavy atom. The molecule has 1 aliphatic carbocycles. The molecule has 7 nitrogen and oxygen atoms in total. The van der Waals surface area contributed by atoms with E-state index < -0.39 is 0 Å². The van der Waals surface area contributed by atoms with Crippen LogP contribution in [0.4, 0.5) is 0 Å². The lowest BCUT2D eigenvalue weighted by Gasteiger charge is -2.36. The van der Waals surface area contributed by atoms with Gasteiger partial charge < -0.3 is 19.7 Å². The molecule has 1 aromatic heterocycles. The van der Waals surface area contributed by atoms with E-state index in [0.29, 0.717) is 18.5 Å². The number of likely N-dealkylation sites (tertiary alicyclic amines) is 1. The highest BCUT2D eigenvalue weighted by molar-refractivity contribution is 5.80. The molecule has 0 radical (unpaired) electrons. The molecule has 3 heterocycles. The molecule has 0 amide bonds. The Balaban J connectivity index is 1.17. The third-order valence-electron chi connectivity index (χ3n) is 6.57. The van der Waals surface area contributed by atoms with E-state index in [1.807, 2.05) is 25.4 Å². The van der Waals surface area contributed by atoms with Gasteiger partial charge in [0.25, 0.3) is 0 Å². The zero-order valence-corrected chi connectivity index (χ0v) is 18.8. The van der Waals surface area contributed by atoms with Crippen LogP contribution in [0.15, 0.2) is 53.7 Å². The Bertz CT molecular complexity index is 918. The topological polar surface area (TPSA) is 62.2 Å². The van der Waals surface area contributed by atoms with Crippen LogP contribution in [0.3, 0.4) is 0 Å². The van der Waals surface area contributed by atoms with Crippen molar-refractivity contribution in [3.05, 3.63) is 59.8 Å². The number of rotatable bonds is 7. The summed E-state index contributed by atoms with van der Waals surface area (Å²) in [4.78, 5) is 13.8. The molecule has 2 aromatic rings. The predicted molar refractivity (Wildman–Crippen MR) is 125 cm³/mol. The summed E-state index contributed by atoms with van der Waals surface area (Å²) in [6, 6.07) is 15.1. The summed E-state index contributed by atoms with van der Waals surface area (Å²) in [6.07, 6.45) is 4.60. The van der Waals surface area contributed by atoms with Crippen LogP contribution in [0.1, 0.15) is 24.0 Å². The number of ether oxygens (including phenoxy) is 2. The minimum Gasteiger partial charge on any atom is -0.477 e. The number of benzene rings is 1. The Morgan fingerprint density at radius 2 is 2.06 bits per heavy atom. The van der Waals surface area contributed by atoms with Crippen molar-refractivity contribution in [2.75, 3.05) is 39.9 Å². The van der Waals surface area contributed by atoms with Crippen LogP contribution in [0, 0.1) is 5.92 Å². The first-order valence-corrected chi connectivity index (χ1v) is 11.7. The standard InChI is InChI=1S/C25H33N5O2/c1-26-25(28-14-21-9-10-27-24(13-21)32-18-20-7-8-20)30-16-22-23(17-30)31-12-11-29(22)15-19-5-3-2-4-6-19/h2-6,9-10,13,20,22-23H,7-8,11-12,14-18H2,1H3,(H,26,28). The third kappa shape index (κ3) is 5.22. The molecule has 0 bridgehead atoms. The van der Waals surface area contributed by atoms with Gasteiger partial charge in [-0.15, -0.1) is 0 Å². The fraction of sp³-hybridized carbons (Fsp3) is 0.520. The van der Waals surface area contributed by atoms with Gasteiger partial charge in [-0.05, 0) is 36.0 Å². The highest BCUT2D eigenvalue weighted by atomic mass is 16.5. The second-order valence-electron chi connectivity index (χ2n) is 9.00. The van der Waals surface area contributed by atoms with Gasteiger partial charge in [-0.25, -0.2) is 4.98 Å². The molecular weight excluding hydrogens is 402 g/mol. The summed E-state index contributed by atoms with van der Waals surface area (Å²) in [5, 5.41) is 3.52. The van der Waals surface area contributed by atoms with Crippen LogP contribution < -0.4 is 10.1 Å². The molecule has 3 aliphatic rings. The van der Waals surface area contributed by atoms with Gasteiger partial charge in [-0.2, -0.15) is 0 Å². The first-order valence-electron chi connectivity index (χ1n) is 11.7. The number of aromatic nitrogens is 1. The lowest BCUT2D eigenvalue weighted by Crippen LogP contribution is -2.50. The Kier molecular flexibility index (Phi) is 6.55. The summed E-state index contributed by atoms with van der Waals surface area (Å²) < 4.78 is 12.0. The molecule has 0 spiro atoms. The molecule has 1 N–H and O–H groups in total. The average molecular weight is 436 g/mol. The van der Waals surface area contributed by atoms with E-state index in [0.717, 1.165) is 56.8 Å². The number of fused-ring (bicyclic) bond motifs is 1. The van der Waals surface area contributed by atoms with Crippen LogP contribution in [-0.2, 0) is 17.8 Å². The van der Waals surface area contributed by atoms with Crippen molar-refractivity contribution in [2.45, 2.75) is 38.1 Å². The smallest absolute Gasteiger partial charge is 0.213 e. The number of morpholine rings is 1. The monoisotopic (exact) mass is 435 g/mol. The third-order valence-corrected chi connectivity index (χ3v) is 6.57. The predicted octanol–water partition coefficient (Wildman–Crippen LogP) is 2.53. The maximum atomic E-state index is 6.13. The van der Waals surface area contributed by atoms with E-state index in [-0.39, 0.29) is 6.10 Å². The number of hydrogen-bond acceptors (Lipinski definition) is 5. The number of pyridine rings is 1.